The SMILES string of the molecule is CC1CCCC1(O)CNC(c1cccnc1)c1ncc[nH]1. The van der Waals surface area contributed by atoms with Gasteiger partial charge in [-0.1, -0.05) is 19.4 Å². The van der Waals surface area contributed by atoms with Crippen LogP contribution in [0.25, 0.3) is 0 Å². The summed E-state index contributed by atoms with van der Waals surface area (Å²) in [7, 11) is 0. The van der Waals surface area contributed by atoms with E-state index >= 15 is 0 Å². The first-order chi connectivity index (χ1) is 10.2. The summed E-state index contributed by atoms with van der Waals surface area (Å²) in [5, 5.41) is 14.2. The quantitative estimate of drug-likeness (QED) is 0.786. The Labute approximate surface area is 124 Å². The van der Waals surface area contributed by atoms with Gasteiger partial charge in [-0.15, -0.1) is 0 Å². The molecule has 1 aliphatic rings. The van der Waals surface area contributed by atoms with Gasteiger partial charge in [-0.05, 0) is 30.4 Å². The molecule has 2 heterocycles. The summed E-state index contributed by atoms with van der Waals surface area (Å²) in [5.41, 5.74) is 0.425. The first-order valence-electron chi connectivity index (χ1n) is 7.54. The topological polar surface area (TPSA) is 73.8 Å². The van der Waals surface area contributed by atoms with Gasteiger partial charge in [-0.3, -0.25) is 4.98 Å². The average Bonchev–Trinajstić information content (AvgIpc) is 3.12. The van der Waals surface area contributed by atoms with Crippen molar-refractivity contribution in [3.05, 3.63) is 48.3 Å². The highest BCUT2D eigenvalue weighted by Crippen LogP contribution is 2.35. The molecule has 3 N–H and O–H groups in total. The number of hydrogen-bond donors (Lipinski definition) is 3. The molecule has 21 heavy (non-hydrogen) atoms. The van der Waals surface area contributed by atoms with Crippen LogP contribution >= 0.6 is 0 Å². The molecular formula is C16H22N4O. The van der Waals surface area contributed by atoms with Crippen LogP contribution in [-0.2, 0) is 0 Å². The predicted octanol–water partition coefficient (Wildman–Crippen LogP) is 2.03. The van der Waals surface area contributed by atoms with E-state index in [4.69, 9.17) is 0 Å². The van der Waals surface area contributed by atoms with E-state index in [1.807, 2.05) is 24.5 Å². The molecule has 5 nitrogen and oxygen atoms in total. The summed E-state index contributed by atoms with van der Waals surface area (Å²) in [6, 6.07) is 3.86. The molecule has 5 heteroatoms. The van der Waals surface area contributed by atoms with Gasteiger partial charge in [0.25, 0.3) is 0 Å². The molecule has 112 valence electrons. The van der Waals surface area contributed by atoms with Crippen LogP contribution in [0.1, 0.15) is 43.6 Å². The Morgan fingerprint density at radius 1 is 1.52 bits per heavy atom. The number of aromatic amines is 1. The van der Waals surface area contributed by atoms with Gasteiger partial charge in [-0.2, -0.15) is 0 Å². The monoisotopic (exact) mass is 286 g/mol. The highest BCUT2D eigenvalue weighted by Gasteiger charge is 2.38. The van der Waals surface area contributed by atoms with Gasteiger partial charge in [0.2, 0.25) is 0 Å². The Balaban J connectivity index is 1.78. The van der Waals surface area contributed by atoms with E-state index in [1.54, 1.807) is 12.4 Å². The molecule has 1 aliphatic carbocycles. The van der Waals surface area contributed by atoms with Crippen LogP contribution in [0.2, 0.25) is 0 Å². The number of aromatic nitrogens is 3. The number of pyridine rings is 1. The van der Waals surface area contributed by atoms with Gasteiger partial charge in [0, 0.05) is 31.3 Å². The lowest BCUT2D eigenvalue weighted by Gasteiger charge is -2.30. The number of aliphatic hydroxyl groups is 1. The molecule has 0 aromatic carbocycles. The lowest BCUT2D eigenvalue weighted by Crippen LogP contribution is -2.44. The van der Waals surface area contributed by atoms with Crippen molar-refractivity contribution in [1.29, 1.82) is 0 Å². The maximum absolute atomic E-state index is 10.7. The summed E-state index contributed by atoms with van der Waals surface area (Å²) in [6.07, 6.45) is 10.2. The van der Waals surface area contributed by atoms with E-state index in [9.17, 15) is 5.11 Å². The Bertz CT molecular complexity index is 557. The van der Waals surface area contributed by atoms with Crippen molar-refractivity contribution in [3.8, 4) is 0 Å². The zero-order valence-electron chi connectivity index (χ0n) is 12.3. The van der Waals surface area contributed by atoms with E-state index in [0.29, 0.717) is 12.5 Å². The molecule has 2 aromatic rings. The summed E-state index contributed by atoms with van der Waals surface area (Å²) in [5.74, 6) is 1.17. The Morgan fingerprint density at radius 2 is 2.43 bits per heavy atom. The highest BCUT2D eigenvalue weighted by molar-refractivity contribution is 5.21. The highest BCUT2D eigenvalue weighted by atomic mass is 16.3. The first kappa shape index (κ1) is 14.2. The largest absolute Gasteiger partial charge is 0.388 e. The van der Waals surface area contributed by atoms with Crippen LogP contribution in [0.3, 0.4) is 0 Å². The van der Waals surface area contributed by atoms with Crippen molar-refractivity contribution in [2.24, 2.45) is 5.92 Å². The summed E-state index contributed by atoms with van der Waals surface area (Å²) in [6.45, 7) is 2.69. The van der Waals surface area contributed by atoms with Gasteiger partial charge in [0.05, 0.1) is 11.6 Å². The van der Waals surface area contributed by atoms with Gasteiger partial charge in [0.15, 0.2) is 0 Å². The molecule has 1 fully saturated rings. The number of H-pyrrole nitrogens is 1. The van der Waals surface area contributed by atoms with E-state index in [2.05, 4.69) is 27.2 Å². The third-order valence-corrected chi connectivity index (χ3v) is 4.59. The van der Waals surface area contributed by atoms with Crippen molar-refractivity contribution < 1.29 is 5.11 Å². The van der Waals surface area contributed by atoms with Crippen LogP contribution < -0.4 is 5.32 Å². The summed E-state index contributed by atoms with van der Waals surface area (Å²) >= 11 is 0. The molecule has 3 rings (SSSR count). The number of rotatable bonds is 5. The van der Waals surface area contributed by atoms with Crippen molar-refractivity contribution >= 4 is 0 Å². The minimum Gasteiger partial charge on any atom is -0.388 e. The van der Waals surface area contributed by atoms with Crippen LogP contribution in [0.5, 0.6) is 0 Å². The zero-order valence-corrected chi connectivity index (χ0v) is 12.3. The maximum Gasteiger partial charge on any atom is 0.127 e. The predicted molar refractivity (Wildman–Crippen MR) is 80.6 cm³/mol. The maximum atomic E-state index is 10.7. The standard InChI is InChI=1S/C16H22N4O/c1-12-4-2-6-16(12,21)11-20-14(15-18-8-9-19-15)13-5-3-7-17-10-13/h3,5,7-10,12,14,20-21H,2,4,6,11H2,1H3,(H,18,19). The van der Waals surface area contributed by atoms with Crippen molar-refractivity contribution in [3.63, 3.8) is 0 Å². The van der Waals surface area contributed by atoms with Gasteiger partial charge in [-0.25, -0.2) is 4.98 Å². The van der Waals surface area contributed by atoms with E-state index in [1.165, 1.54) is 0 Å². The zero-order chi connectivity index (χ0) is 14.7. The van der Waals surface area contributed by atoms with Crippen molar-refractivity contribution in [1.82, 2.24) is 20.3 Å². The van der Waals surface area contributed by atoms with Crippen molar-refractivity contribution in [2.45, 2.75) is 37.8 Å². The second-order valence-electron chi connectivity index (χ2n) is 5.97. The Hall–Kier alpha value is -1.72. The van der Waals surface area contributed by atoms with E-state index < -0.39 is 5.60 Å². The molecule has 0 amide bonds. The van der Waals surface area contributed by atoms with Crippen LogP contribution in [0.15, 0.2) is 36.9 Å². The van der Waals surface area contributed by atoms with Crippen LogP contribution in [0.4, 0.5) is 0 Å². The fraction of sp³-hybridized carbons (Fsp3) is 0.500. The molecule has 0 spiro atoms. The van der Waals surface area contributed by atoms with Crippen LogP contribution in [-0.4, -0.2) is 32.2 Å². The van der Waals surface area contributed by atoms with Gasteiger partial charge in [0.1, 0.15) is 5.82 Å². The second-order valence-corrected chi connectivity index (χ2v) is 5.97. The molecule has 0 bridgehead atoms. The fourth-order valence-electron chi connectivity index (χ4n) is 3.13. The molecule has 3 atom stereocenters. The number of nitrogens with zero attached hydrogens (tertiary/aromatic N) is 2. The molecule has 3 unspecified atom stereocenters. The lowest BCUT2D eigenvalue weighted by atomic mass is 9.92. The number of hydrogen-bond acceptors (Lipinski definition) is 4. The first-order valence-corrected chi connectivity index (χ1v) is 7.54. The molecular weight excluding hydrogens is 264 g/mol. The van der Waals surface area contributed by atoms with E-state index in [-0.39, 0.29) is 6.04 Å². The van der Waals surface area contributed by atoms with Gasteiger partial charge >= 0.3 is 0 Å². The van der Waals surface area contributed by atoms with Gasteiger partial charge < -0.3 is 15.4 Å². The van der Waals surface area contributed by atoms with Crippen molar-refractivity contribution in [2.75, 3.05) is 6.54 Å². The minimum atomic E-state index is -0.618. The Kier molecular flexibility index (Phi) is 4.03. The molecule has 1 saturated carbocycles. The second kappa shape index (κ2) is 5.95. The summed E-state index contributed by atoms with van der Waals surface area (Å²) < 4.78 is 0. The number of imidazole rings is 1. The van der Waals surface area contributed by atoms with Crippen LogP contribution in [0, 0.1) is 5.92 Å². The summed E-state index contributed by atoms with van der Waals surface area (Å²) in [4.78, 5) is 11.7. The molecule has 0 radical (unpaired) electrons. The minimum absolute atomic E-state index is 0.0782. The van der Waals surface area contributed by atoms with E-state index in [0.717, 1.165) is 30.7 Å². The average molecular weight is 286 g/mol. The molecule has 2 aromatic heterocycles. The lowest BCUT2D eigenvalue weighted by molar-refractivity contribution is 0.00828. The fourth-order valence-corrected chi connectivity index (χ4v) is 3.13. The Morgan fingerprint density at radius 3 is 3.05 bits per heavy atom. The molecule has 0 aliphatic heterocycles. The third-order valence-electron chi connectivity index (χ3n) is 4.59. The third kappa shape index (κ3) is 2.99. The number of nitrogens with one attached hydrogen (secondary N) is 2. The normalized spacial score (nSPS) is 26.9. The smallest absolute Gasteiger partial charge is 0.127 e. The molecule has 0 saturated heterocycles.